The van der Waals surface area contributed by atoms with Crippen LogP contribution in [0.3, 0.4) is 0 Å². The lowest BCUT2D eigenvalue weighted by atomic mass is 10.0. The van der Waals surface area contributed by atoms with Crippen LogP contribution in [-0.4, -0.2) is 37.9 Å². The summed E-state index contributed by atoms with van der Waals surface area (Å²) in [6.45, 7) is 6.42. The highest BCUT2D eigenvalue weighted by atomic mass is 32.2. The van der Waals surface area contributed by atoms with Gasteiger partial charge in [-0.05, 0) is 42.5 Å². The van der Waals surface area contributed by atoms with E-state index in [1.165, 1.54) is 23.9 Å². The van der Waals surface area contributed by atoms with E-state index in [0.717, 1.165) is 12.0 Å². The molecule has 1 N–H and O–H groups in total. The first-order valence-electron chi connectivity index (χ1n) is 10.4. The fraction of sp³-hybridized carbons (Fsp3) is 0.292. The second-order valence-corrected chi connectivity index (χ2v) is 9.67. The lowest BCUT2D eigenvalue weighted by Crippen LogP contribution is -2.32. The smallest absolute Gasteiger partial charge is 0.268 e. The van der Waals surface area contributed by atoms with Crippen molar-refractivity contribution in [3.63, 3.8) is 0 Å². The normalized spacial score (nSPS) is 11.4. The van der Waals surface area contributed by atoms with Gasteiger partial charge in [0.05, 0.1) is 16.2 Å². The molecule has 2 aromatic carbocycles. The monoisotopic (exact) mass is 452 g/mol. The van der Waals surface area contributed by atoms with Gasteiger partial charge in [0.2, 0.25) is 5.95 Å². The minimum absolute atomic E-state index is 0.0334. The van der Waals surface area contributed by atoms with Gasteiger partial charge in [-0.1, -0.05) is 56.3 Å². The SMILES string of the molecule is Cc1nc(N(C)CCc2ccccc2)ncc1C(=O)NS(=O)(=O)c1ccc(C(C)C)cc1. The summed E-state index contributed by atoms with van der Waals surface area (Å²) in [6.07, 6.45) is 2.19. The van der Waals surface area contributed by atoms with Crippen molar-refractivity contribution in [2.24, 2.45) is 0 Å². The quantitative estimate of drug-likeness (QED) is 0.560. The number of amides is 1. The Morgan fingerprint density at radius 3 is 2.31 bits per heavy atom. The van der Waals surface area contributed by atoms with Crippen LogP contribution < -0.4 is 9.62 Å². The van der Waals surface area contributed by atoms with E-state index in [0.29, 0.717) is 18.2 Å². The lowest BCUT2D eigenvalue weighted by molar-refractivity contribution is 0.0980. The van der Waals surface area contributed by atoms with E-state index >= 15 is 0 Å². The first-order valence-corrected chi connectivity index (χ1v) is 11.9. The van der Waals surface area contributed by atoms with Gasteiger partial charge in [0.25, 0.3) is 15.9 Å². The zero-order valence-corrected chi connectivity index (χ0v) is 19.6. The molecule has 0 bridgehead atoms. The Morgan fingerprint density at radius 2 is 1.72 bits per heavy atom. The highest BCUT2D eigenvalue weighted by Crippen LogP contribution is 2.18. The zero-order chi connectivity index (χ0) is 23.3. The van der Waals surface area contributed by atoms with Gasteiger partial charge in [-0.2, -0.15) is 0 Å². The Balaban J connectivity index is 1.69. The van der Waals surface area contributed by atoms with Crippen LogP contribution in [0.1, 0.15) is 46.9 Å². The Hall–Kier alpha value is -3.26. The molecule has 32 heavy (non-hydrogen) atoms. The topological polar surface area (TPSA) is 92.3 Å². The van der Waals surface area contributed by atoms with Crippen molar-refractivity contribution < 1.29 is 13.2 Å². The van der Waals surface area contributed by atoms with Crippen LogP contribution in [0.15, 0.2) is 65.7 Å². The molecule has 3 aromatic rings. The number of aromatic nitrogens is 2. The molecule has 1 heterocycles. The largest absolute Gasteiger partial charge is 0.344 e. The van der Waals surface area contributed by atoms with Crippen molar-refractivity contribution in [3.8, 4) is 0 Å². The molecular weight excluding hydrogens is 424 g/mol. The van der Waals surface area contributed by atoms with E-state index in [1.807, 2.05) is 44.0 Å². The van der Waals surface area contributed by atoms with Gasteiger partial charge >= 0.3 is 0 Å². The first kappa shape index (κ1) is 23.4. The van der Waals surface area contributed by atoms with Gasteiger partial charge in [0, 0.05) is 19.8 Å². The summed E-state index contributed by atoms with van der Waals surface area (Å²) in [5.41, 5.74) is 2.75. The van der Waals surface area contributed by atoms with E-state index in [9.17, 15) is 13.2 Å². The average Bonchev–Trinajstić information content (AvgIpc) is 2.77. The number of carbonyl (C=O) groups excluding carboxylic acids is 1. The summed E-state index contributed by atoms with van der Waals surface area (Å²) < 4.78 is 27.4. The summed E-state index contributed by atoms with van der Waals surface area (Å²) >= 11 is 0. The molecule has 0 aliphatic carbocycles. The molecule has 1 amide bonds. The van der Waals surface area contributed by atoms with Gasteiger partial charge in [0.15, 0.2) is 0 Å². The Labute approximate surface area is 189 Å². The summed E-state index contributed by atoms with van der Waals surface area (Å²) in [4.78, 5) is 23.2. The molecule has 0 unspecified atom stereocenters. The predicted octanol–water partition coefficient (Wildman–Crippen LogP) is 3.71. The fourth-order valence-corrected chi connectivity index (χ4v) is 4.14. The Kier molecular flexibility index (Phi) is 7.25. The number of sulfonamides is 1. The van der Waals surface area contributed by atoms with Crippen LogP contribution >= 0.6 is 0 Å². The van der Waals surface area contributed by atoms with E-state index in [1.54, 1.807) is 19.1 Å². The van der Waals surface area contributed by atoms with Crippen molar-refractivity contribution in [3.05, 3.63) is 83.2 Å². The lowest BCUT2D eigenvalue weighted by Gasteiger charge is -2.18. The number of benzene rings is 2. The van der Waals surface area contributed by atoms with Crippen LogP contribution in [0.4, 0.5) is 5.95 Å². The number of aryl methyl sites for hydroxylation is 1. The third kappa shape index (κ3) is 5.70. The molecule has 0 atom stereocenters. The van der Waals surface area contributed by atoms with Crippen LogP contribution in [0.25, 0.3) is 0 Å². The number of nitrogens with one attached hydrogen (secondary N) is 1. The molecule has 0 radical (unpaired) electrons. The molecule has 0 aliphatic rings. The number of hydrogen-bond donors (Lipinski definition) is 1. The molecule has 168 valence electrons. The minimum Gasteiger partial charge on any atom is -0.344 e. The second kappa shape index (κ2) is 9.91. The molecule has 0 saturated carbocycles. The highest BCUT2D eigenvalue weighted by Gasteiger charge is 2.21. The standard InChI is InChI=1S/C24H28N4O3S/c1-17(2)20-10-12-21(13-11-20)32(30,31)27-23(29)22-16-25-24(26-18(22)3)28(4)15-14-19-8-6-5-7-9-19/h5-13,16-17H,14-15H2,1-4H3,(H,27,29). The van der Waals surface area contributed by atoms with Gasteiger partial charge in [-0.3, -0.25) is 4.79 Å². The van der Waals surface area contributed by atoms with Gasteiger partial charge in [-0.15, -0.1) is 0 Å². The van der Waals surface area contributed by atoms with Crippen molar-refractivity contribution >= 4 is 21.9 Å². The zero-order valence-electron chi connectivity index (χ0n) is 18.7. The van der Waals surface area contributed by atoms with E-state index in [4.69, 9.17) is 0 Å². The predicted molar refractivity (Wildman–Crippen MR) is 125 cm³/mol. The van der Waals surface area contributed by atoms with Crippen LogP contribution in [0.2, 0.25) is 0 Å². The Bertz CT molecular complexity index is 1180. The van der Waals surface area contributed by atoms with E-state index in [2.05, 4.69) is 26.8 Å². The number of anilines is 1. The van der Waals surface area contributed by atoms with Crippen LogP contribution in [0, 0.1) is 6.92 Å². The molecule has 0 aliphatic heterocycles. The van der Waals surface area contributed by atoms with Crippen molar-refractivity contribution in [2.45, 2.75) is 38.0 Å². The second-order valence-electron chi connectivity index (χ2n) is 7.98. The van der Waals surface area contributed by atoms with E-state index in [-0.39, 0.29) is 16.4 Å². The number of carbonyl (C=O) groups is 1. The molecule has 1 aromatic heterocycles. The minimum atomic E-state index is -4.00. The maximum absolute atomic E-state index is 12.6. The molecule has 0 fully saturated rings. The number of rotatable bonds is 8. The number of hydrogen-bond acceptors (Lipinski definition) is 6. The number of nitrogens with zero attached hydrogens (tertiary/aromatic N) is 3. The first-order chi connectivity index (χ1) is 15.2. The summed E-state index contributed by atoms with van der Waals surface area (Å²) in [5, 5.41) is 0. The van der Waals surface area contributed by atoms with Crippen molar-refractivity contribution in [1.82, 2.24) is 14.7 Å². The van der Waals surface area contributed by atoms with Crippen LogP contribution in [0.5, 0.6) is 0 Å². The van der Waals surface area contributed by atoms with Gasteiger partial charge in [-0.25, -0.2) is 23.1 Å². The summed E-state index contributed by atoms with van der Waals surface area (Å²) in [5.74, 6) is 0.00141. The van der Waals surface area contributed by atoms with Crippen molar-refractivity contribution in [1.29, 1.82) is 0 Å². The Morgan fingerprint density at radius 1 is 1.06 bits per heavy atom. The van der Waals surface area contributed by atoms with Gasteiger partial charge < -0.3 is 4.90 Å². The van der Waals surface area contributed by atoms with E-state index < -0.39 is 15.9 Å². The van der Waals surface area contributed by atoms with Crippen molar-refractivity contribution in [2.75, 3.05) is 18.5 Å². The van der Waals surface area contributed by atoms with Crippen LogP contribution in [-0.2, 0) is 16.4 Å². The number of likely N-dealkylation sites (N-methyl/N-ethyl adjacent to an activating group) is 1. The maximum atomic E-state index is 12.6. The van der Waals surface area contributed by atoms with Gasteiger partial charge in [0.1, 0.15) is 0 Å². The third-order valence-electron chi connectivity index (χ3n) is 5.22. The molecule has 3 rings (SSSR count). The molecule has 7 nitrogen and oxygen atoms in total. The maximum Gasteiger partial charge on any atom is 0.268 e. The fourth-order valence-electron chi connectivity index (χ4n) is 3.17. The molecule has 8 heteroatoms. The average molecular weight is 453 g/mol. The summed E-state index contributed by atoms with van der Waals surface area (Å²) in [6, 6.07) is 16.6. The highest BCUT2D eigenvalue weighted by molar-refractivity contribution is 7.90. The third-order valence-corrected chi connectivity index (χ3v) is 6.56. The summed E-state index contributed by atoms with van der Waals surface area (Å²) in [7, 11) is -2.12. The molecule has 0 saturated heterocycles. The molecular formula is C24H28N4O3S. The molecule has 0 spiro atoms.